The van der Waals surface area contributed by atoms with Crippen molar-refractivity contribution in [1.29, 1.82) is 0 Å². The van der Waals surface area contributed by atoms with Crippen LogP contribution in [0.3, 0.4) is 0 Å². The Morgan fingerprint density at radius 3 is 2.75 bits per heavy atom. The molecule has 0 bridgehead atoms. The Bertz CT molecular complexity index is 964. The summed E-state index contributed by atoms with van der Waals surface area (Å²) in [6.07, 6.45) is -3.79. The molecular weight excluding hydrogens is 373 g/mol. The number of fused-ring (bicyclic) bond motifs is 1. The van der Waals surface area contributed by atoms with E-state index in [4.69, 9.17) is 4.74 Å². The number of hydrogen-bond donors (Lipinski definition) is 1. The Morgan fingerprint density at radius 2 is 2.04 bits per heavy atom. The predicted molar refractivity (Wildman–Crippen MR) is 94.8 cm³/mol. The Labute approximate surface area is 159 Å². The molecule has 148 valence electrons. The molecule has 1 aliphatic heterocycles. The highest BCUT2D eigenvalue weighted by Crippen LogP contribution is 2.44. The van der Waals surface area contributed by atoms with Gasteiger partial charge in [0.1, 0.15) is 11.8 Å². The summed E-state index contributed by atoms with van der Waals surface area (Å²) >= 11 is 0. The lowest BCUT2D eigenvalue weighted by Gasteiger charge is -2.34. The second kappa shape index (κ2) is 6.65. The summed E-state index contributed by atoms with van der Waals surface area (Å²) in [6, 6.07) is 6.20. The van der Waals surface area contributed by atoms with E-state index in [9.17, 15) is 18.0 Å². The molecule has 9 heteroatoms. The molecule has 0 radical (unpaired) electrons. The summed E-state index contributed by atoms with van der Waals surface area (Å²) in [5.74, 6) is -0.769. The van der Waals surface area contributed by atoms with Gasteiger partial charge in [0.25, 0.3) is 5.82 Å². The smallest absolute Gasteiger partial charge is 0.453 e. The quantitative estimate of drug-likeness (QED) is 0.856. The molecule has 2 aliphatic rings. The number of Topliss-reactive ketones (excluding diaryl/α,β-unsaturated/α-hetero) is 1. The van der Waals surface area contributed by atoms with Gasteiger partial charge in [-0.2, -0.15) is 18.2 Å². The minimum atomic E-state index is -4.69. The Kier molecular flexibility index (Phi) is 4.40. The number of hydrogen-bond acceptors (Lipinski definition) is 5. The SMILES string of the molecule is CCOc1ccccc1[C@H]1C2=C(C[C@H](C)CC2=O)Nc2nc(C(F)(F)F)nn21. The average Bonchev–Trinajstić information content (AvgIpc) is 3.05. The van der Waals surface area contributed by atoms with Crippen molar-refractivity contribution in [2.24, 2.45) is 5.92 Å². The number of ether oxygens (including phenoxy) is 1. The van der Waals surface area contributed by atoms with Crippen molar-refractivity contribution in [3.63, 3.8) is 0 Å². The van der Waals surface area contributed by atoms with E-state index in [0.717, 1.165) is 4.68 Å². The number of carbonyl (C=O) groups excluding carboxylic acids is 1. The molecule has 0 saturated heterocycles. The first-order valence-corrected chi connectivity index (χ1v) is 9.08. The molecule has 1 aromatic heterocycles. The standard InChI is InChI=1S/C19H19F3N4O2/c1-3-28-14-7-5-4-6-11(14)16-15-12(8-10(2)9-13(15)27)23-18-24-17(19(20,21)22)25-26(16)18/h4-7,10,16H,3,8-9H2,1-2H3,(H,23,24,25)/t10-,16-/m0/s1. The zero-order valence-electron chi connectivity index (χ0n) is 15.4. The van der Waals surface area contributed by atoms with Crippen molar-refractivity contribution in [3.8, 4) is 5.75 Å². The maximum atomic E-state index is 13.2. The first kappa shape index (κ1) is 18.5. The van der Waals surface area contributed by atoms with Crippen molar-refractivity contribution in [2.75, 3.05) is 11.9 Å². The number of aromatic nitrogens is 3. The molecule has 0 spiro atoms. The lowest BCUT2D eigenvalue weighted by atomic mass is 9.81. The molecular formula is C19H19F3N4O2. The third-order valence-electron chi connectivity index (χ3n) is 4.89. The minimum absolute atomic E-state index is 0.0238. The molecule has 0 amide bonds. The molecule has 6 nitrogen and oxygen atoms in total. The normalized spacial score (nSPS) is 21.8. The molecule has 1 aliphatic carbocycles. The summed E-state index contributed by atoms with van der Waals surface area (Å²) < 4.78 is 46.5. The monoisotopic (exact) mass is 392 g/mol. The second-order valence-corrected chi connectivity index (χ2v) is 7.03. The average molecular weight is 392 g/mol. The first-order valence-electron chi connectivity index (χ1n) is 9.08. The van der Waals surface area contributed by atoms with Gasteiger partial charge in [-0.25, -0.2) is 4.68 Å². The molecule has 2 atom stereocenters. The number of para-hydroxylation sites is 1. The van der Waals surface area contributed by atoms with E-state index < -0.39 is 18.0 Å². The number of ketones is 1. The minimum Gasteiger partial charge on any atom is -0.494 e. The van der Waals surface area contributed by atoms with Crippen LogP contribution in [0.25, 0.3) is 0 Å². The van der Waals surface area contributed by atoms with Crippen molar-refractivity contribution in [3.05, 3.63) is 46.9 Å². The molecule has 1 N–H and O–H groups in total. The van der Waals surface area contributed by atoms with Crippen molar-refractivity contribution >= 4 is 11.7 Å². The number of rotatable bonds is 3. The van der Waals surface area contributed by atoms with Crippen LogP contribution >= 0.6 is 0 Å². The molecule has 0 unspecified atom stereocenters. The van der Waals surface area contributed by atoms with E-state index in [1.54, 1.807) is 24.3 Å². The fourth-order valence-corrected chi connectivity index (χ4v) is 3.81. The molecule has 4 rings (SSSR count). The number of benzene rings is 1. The highest BCUT2D eigenvalue weighted by atomic mass is 19.4. The maximum absolute atomic E-state index is 13.2. The lowest BCUT2D eigenvalue weighted by Crippen LogP contribution is -2.33. The van der Waals surface area contributed by atoms with E-state index >= 15 is 0 Å². The Hall–Kier alpha value is -2.84. The number of allylic oxidation sites excluding steroid dienone is 2. The fourth-order valence-electron chi connectivity index (χ4n) is 3.81. The Balaban J connectivity index is 1.93. The van der Waals surface area contributed by atoms with Gasteiger partial charge in [0.05, 0.1) is 6.61 Å². The molecule has 2 heterocycles. The summed E-state index contributed by atoms with van der Waals surface area (Å²) in [5, 5.41) is 6.61. The van der Waals surface area contributed by atoms with Crippen molar-refractivity contribution in [1.82, 2.24) is 14.8 Å². The summed E-state index contributed by atoms with van der Waals surface area (Å²) in [5.41, 5.74) is 1.62. The zero-order valence-corrected chi connectivity index (χ0v) is 15.4. The summed E-state index contributed by atoms with van der Waals surface area (Å²) in [6.45, 7) is 4.14. The molecule has 1 aromatic carbocycles. The predicted octanol–water partition coefficient (Wildman–Crippen LogP) is 3.96. The van der Waals surface area contributed by atoms with Gasteiger partial charge in [0.2, 0.25) is 5.95 Å². The van der Waals surface area contributed by atoms with Gasteiger partial charge in [0.15, 0.2) is 5.78 Å². The second-order valence-electron chi connectivity index (χ2n) is 7.03. The van der Waals surface area contributed by atoms with Crippen LogP contribution in [0.2, 0.25) is 0 Å². The third kappa shape index (κ3) is 3.04. The third-order valence-corrected chi connectivity index (χ3v) is 4.89. The van der Waals surface area contributed by atoms with Crippen LogP contribution in [0.15, 0.2) is 35.5 Å². The van der Waals surface area contributed by atoms with Crippen molar-refractivity contribution in [2.45, 2.75) is 38.9 Å². The van der Waals surface area contributed by atoms with Gasteiger partial charge >= 0.3 is 6.18 Å². The van der Waals surface area contributed by atoms with Gasteiger partial charge in [0, 0.05) is 23.3 Å². The van der Waals surface area contributed by atoms with Crippen molar-refractivity contribution < 1.29 is 22.7 Å². The van der Waals surface area contributed by atoms with Gasteiger partial charge < -0.3 is 10.1 Å². The molecule has 0 saturated carbocycles. The van der Waals surface area contributed by atoms with Crippen LogP contribution in [0.5, 0.6) is 5.75 Å². The van der Waals surface area contributed by atoms with E-state index in [1.807, 2.05) is 13.8 Å². The van der Waals surface area contributed by atoms with E-state index in [0.29, 0.717) is 42.0 Å². The van der Waals surface area contributed by atoms with Gasteiger partial charge in [-0.1, -0.05) is 25.1 Å². The van der Waals surface area contributed by atoms with Crippen LogP contribution < -0.4 is 10.1 Å². The lowest BCUT2D eigenvalue weighted by molar-refractivity contribution is -0.145. The molecule has 0 fully saturated rings. The van der Waals surface area contributed by atoms with Crippen LogP contribution in [0.1, 0.15) is 44.1 Å². The highest BCUT2D eigenvalue weighted by molar-refractivity contribution is 5.99. The number of carbonyl (C=O) groups is 1. The van der Waals surface area contributed by atoms with Gasteiger partial charge in [-0.3, -0.25) is 4.79 Å². The van der Waals surface area contributed by atoms with E-state index in [-0.39, 0.29) is 17.6 Å². The van der Waals surface area contributed by atoms with Crippen LogP contribution in [-0.4, -0.2) is 27.2 Å². The summed E-state index contributed by atoms with van der Waals surface area (Å²) in [7, 11) is 0. The topological polar surface area (TPSA) is 69.0 Å². The van der Waals surface area contributed by atoms with E-state index in [2.05, 4.69) is 15.4 Å². The largest absolute Gasteiger partial charge is 0.494 e. The fraction of sp³-hybridized carbons (Fsp3) is 0.421. The number of nitrogens with one attached hydrogen (secondary N) is 1. The number of anilines is 1. The highest BCUT2D eigenvalue weighted by Gasteiger charge is 2.43. The number of nitrogens with zero attached hydrogens (tertiary/aromatic N) is 3. The van der Waals surface area contributed by atoms with Crippen LogP contribution in [-0.2, 0) is 11.0 Å². The summed E-state index contributed by atoms with van der Waals surface area (Å²) in [4.78, 5) is 16.5. The first-order chi connectivity index (χ1) is 13.3. The van der Waals surface area contributed by atoms with Crippen LogP contribution in [0, 0.1) is 5.92 Å². The Morgan fingerprint density at radius 1 is 1.29 bits per heavy atom. The number of alkyl halides is 3. The van der Waals surface area contributed by atoms with Gasteiger partial charge in [-0.15, -0.1) is 5.10 Å². The zero-order chi connectivity index (χ0) is 20.1. The molecule has 2 aromatic rings. The maximum Gasteiger partial charge on any atom is 0.453 e. The molecule has 28 heavy (non-hydrogen) atoms. The number of halogens is 3. The van der Waals surface area contributed by atoms with Gasteiger partial charge in [-0.05, 0) is 25.3 Å². The van der Waals surface area contributed by atoms with E-state index in [1.165, 1.54) is 0 Å². The van der Waals surface area contributed by atoms with Crippen LogP contribution in [0.4, 0.5) is 19.1 Å².